The van der Waals surface area contributed by atoms with E-state index in [0.29, 0.717) is 27.5 Å². The van der Waals surface area contributed by atoms with Gasteiger partial charge in [-0.15, -0.1) is 21.6 Å². The summed E-state index contributed by atoms with van der Waals surface area (Å²) >= 11 is 1.27. The Morgan fingerprint density at radius 1 is 1.03 bits per heavy atom. The zero-order valence-electron chi connectivity index (χ0n) is 21.8. The summed E-state index contributed by atoms with van der Waals surface area (Å²) < 4.78 is 15.7. The summed E-state index contributed by atoms with van der Waals surface area (Å²) in [5, 5.41) is 26.2. The lowest BCUT2D eigenvalue weighted by atomic mass is 10.2. The van der Waals surface area contributed by atoms with Crippen LogP contribution >= 0.6 is 11.3 Å². The first-order valence-electron chi connectivity index (χ1n) is 11.7. The van der Waals surface area contributed by atoms with Crippen LogP contribution in [0.25, 0.3) is 10.8 Å². The summed E-state index contributed by atoms with van der Waals surface area (Å²) in [6.45, 7) is 4.56. The minimum absolute atomic E-state index is 0.0626. The van der Waals surface area contributed by atoms with Crippen molar-refractivity contribution in [1.82, 2.24) is 0 Å². The van der Waals surface area contributed by atoms with E-state index in [4.69, 9.17) is 14.2 Å². The first-order chi connectivity index (χ1) is 18.6. The van der Waals surface area contributed by atoms with Gasteiger partial charge in [0.15, 0.2) is 0 Å². The molecule has 0 aliphatic carbocycles. The van der Waals surface area contributed by atoms with E-state index < -0.39 is 16.9 Å². The number of non-ortho nitro benzene ring substituents is 1. The number of ether oxygens (including phenoxy) is 3. The molecule has 0 aliphatic heterocycles. The van der Waals surface area contributed by atoms with Gasteiger partial charge in [0.05, 0.1) is 36.5 Å². The van der Waals surface area contributed by atoms with E-state index in [2.05, 4.69) is 15.5 Å². The van der Waals surface area contributed by atoms with Crippen molar-refractivity contribution < 1.29 is 33.5 Å². The van der Waals surface area contributed by atoms with Crippen molar-refractivity contribution in [2.24, 2.45) is 10.2 Å². The molecule has 1 amide bonds. The number of hydrogen-bond acceptors (Lipinski definition) is 12. The number of esters is 2. The van der Waals surface area contributed by atoms with Crippen molar-refractivity contribution in [3.63, 3.8) is 0 Å². The van der Waals surface area contributed by atoms with Gasteiger partial charge in [0.25, 0.3) is 5.69 Å². The second-order valence-electron chi connectivity index (χ2n) is 8.16. The summed E-state index contributed by atoms with van der Waals surface area (Å²) in [6, 6.07) is 7.70. The molecule has 0 atom stereocenters. The molecule has 0 saturated carbocycles. The second kappa shape index (κ2) is 13.3. The molecule has 2 aromatic carbocycles. The lowest BCUT2D eigenvalue weighted by Crippen LogP contribution is -2.32. The molecule has 0 radical (unpaired) electrons. The Morgan fingerprint density at radius 3 is 2.26 bits per heavy atom. The Kier molecular flexibility index (Phi) is 9.86. The molecule has 1 heterocycles. The number of benzene rings is 2. The van der Waals surface area contributed by atoms with Gasteiger partial charge < -0.3 is 24.4 Å². The molecule has 13 nitrogen and oxygen atoms in total. The number of carbonyl (C=O) groups excluding carboxylic acids is 3. The molecule has 0 fully saturated rings. The minimum atomic E-state index is -0.481. The van der Waals surface area contributed by atoms with Gasteiger partial charge >= 0.3 is 11.9 Å². The van der Waals surface area contributed by atoms with Gasteiger partial charge in [0, 0.05) is 49.7 Å². The van der Waals surface area contributed by atoms with E-state index >= 15 is 0 Å². The van der Waals surface area contributed by atoms with Gasteiger partial charge in [-0.05, 0) is 17.5 Å². The number of nitro benzene ring substituents is 1. The monoisotopic (exact) mass is 557 g/mol. The fourth-order valence-electron chi connectivity index (χ4n) is 3.60. The first-order valence-corrected chi connectivity index (χ1v) is 12.6. The predicted molar refractivity (Wildman–Crippen MR) is 145 cm³/mol. The smallest absolute Gasteiger partial charge is 0.302 e. The van der Waals surface area contributed by atoms with Crippen molar-refractivity contribution in [1.29, 1.82) is 0 Å². The summed E-state index contributed by atoms with van der Waals surface area (Å²) in [6.07, 6.45) is 0. The fraction of sp³-hybridized carbons (Fsp3) is 0.320. The Bertz CT molecular complexity index is 1400. The first kappa shape index (κ1) is 29.0. The number of methoxy groups -OCH3 is 1. The highest BCUT2D eigenvalue weighted by molar-refractivity contribution is 7.15. The molecule has 0 spiro atoms. The third-order valence-corrected chi connectivity index (χ3v) is 6.20. The molecule has 39 heavy (non-hydrogen) atoms. The maximum Gasteiger partial charge on any atom is 0.302 e. The van der Waals surface area contributed by atoms with Crippen LogP contribution in [0.3, 0.4) is 0 Å². The van der Waals surface area contributed by atoms with Gasteiger partial charge in [-0.1, -0.05) is 0 Å². The number of nitro groups is 1. The fourth-order valence-corrected chi connectivity index (χ4v) is 4.43. The molecule has 14 heteroatoms. The molecular formula is C25H27N5O8S. The highest BCUT2D eigenvalue weighted by Crippen LogP contribution is 2.41. The normalized spacial score (nSPS) is 10.9. The number of carbonyl (C=O) groups is 3. The SMILES string of the molecule is COc1cc(N=Nc2scc3ccc([N+](=O)[O-])cc23)c(NC(C)=O)cc1N(CCOC(C)=O)CCOC(C)=O. The van der Waals surface area contributed by atoms with Crippen molar-refractivity contribution in [3.05, 3.63) is 45.8 Å². The van der Waals surface area contributed by atoms with Gasteiger partial charge in [-0.2, -0.15) is 0 Å². The molecule has 3 aromatic rings. The number of azo groups is 1. The van der Waals surface area contributed by atoms with E-state index in [-0.39, 0.29) is 43.6 Å². The number of thiophene rings is 1. The van der Waals surface area contributed by atoms with Crippen LogP contribution in [0.4, 0.5) is 27.8 Å². The number of anilines is 2. The lowest BCUT2D eigenvalue weighted by Gasteiger charge is -2.27. The predicted octanol–water partition coefficient (Wildman–Crippen LogP) is 5.12. The maximum absolute atomic E-state index is 12.0. The van der Waals surface area contributed by atoms with Gasteiger partial charge in [-0.3, -0.25) is 24.5 Å². The lowest BCUT2D eigenvalue weighted by molar-refractivity contribution is -0.384. The molecule has 0 unspecified atom stereocenters. The highest BCUT2D eigenvalue weighted by Gasteiger charge is 2.19. The van der Waals surface area contributed by atoms with E-state index in [0.717, 1.165) is 5.39 Å². The molecule has 0 bridgehead atoms. The van der Waals surface area contributed by atoms with Crippen LogP contribution in [0, 0.1) is 10.1 Å². The number of hydrogen-bond donors (Lipinski definition) is 1. The highest BCUT2D eigenvalue weighted by atomic mass is 32.1. The number of fused-ring (bicyclic) bond motifs is 1. The quantitative estimate of drug-likeness (QED) is 0.138. The third kappa shape index (κ3) is 7.95. The Balaban J connectivity index is 2.02. The van der Waals surface area contributed by atoms with E-state index in [9.17, 15) is 24.5 Å². The zero-order chi connectivity index (χ0) is 28.5. The van der Waals surface area contributed by atoms with E-state index in [1.54, 1.807) is 23.1 Å². The van der Waals surface area contributed by atoms with Crippen LogP contribution in [-0.2, 0) is 23.9 Å². The Labute approximate surface area is 227 Å². The van der Waals surface area contributed by atoms with E-state index in [1.165, 1.54) is 51.4 Å². The molecule has 0 aliphatic rings. The molecule has 3 rings (SSSR count). The zero-order valence-corrected chi connectivity index (χ0v) is 22.6. The van der Waals surface area contributed by atoms with Gasteiger partial charge in [0.1, 0.15) is 29.7 Å². The largest absolute Gasteiger partial charge is 0.494 e. The van der Waals surface area contributed by atoms with Crippen molar-refractivity contribution in [2.45, 2.75) is 20.8 Å². The van der Waals surface area contributed by atoms with Crippen LogP contribution in [0.2, 0.25) is 0 Å². The average Bonchev–Trinajstić information content (AvgIpc) is 3.28. The van der Waals surface area contributed by atoms with Crippen molar-refractivity contribution in [3.8, 4) is 5.75 Å². The van der Waals surface area contributed by atoms with Gasteiger partial charge in [0.2, 0.25) is 5.91 Å². The molecule has 0 saturated heterocycles. The van der Waals surface area contributed by atoms with Crippen LogP contribution in [0.15, 0.2) is 45.9 Å². The van der Waals surface area contributed by atoms with Crippen LogP contribution in [0.5, 0.6) is 5.75 Å². The Morgan fingerprint density at radius 2 is 1.69 bits per heavy atom. The van der Waals surface area contributed by atoms with Crippen LogP contribution in [-0.4, -0.2) is 56.2 Å². The summed E-state index contributed by atoms with van der Waals surface area (Å²) in [7, 11) is 1.46. The van der Waals surface area contributed by atoms with Crippen LogP contribution in [0.1, 0.15) is 20.8 Å². The number of rotatable bonds is 12. The average molecular weight is 558 g/mol. The summed E-state index contributed by atoms with van der Waals surface area (Å²) in [5.74, 6) is -0.868. The molecule has 206 valence electrons. The van der Waals surface area contributed by atoms with Crippen molar-refractivity contribution >= 4 is 67.7 Å². The Hall–Kier alpha value is -4.59. The number of nitrogens with one attached hydrogen (secondary N) is 1. The van der Waals surface area contributed by atoms with E-state index in [1.807, 2.05) is 5.38 Å². The summed E-state index contributed by atoms with van der Waals surface area (Å²) in [5.41, 5.74) is 1.05. The topological polar surface area (TPSA) is 162 Å². The molecule has 1 aromatic heterocycles. The molecule has 1 N–H and O–H groups in total. The third-order valence-electron chi connectivity index (χ3n) is 5.31. The summed E-state index contributed by atoms with van der Waals surface area (Å²) in [4.78, 5) is 47.1. The number of nitrogens with zero attached hydrogens (tertiary/aromatic N) is 4. The van der Waals surface area contributed by atoms with Crippen molar-refractivity contribution in [2.75, 3.05) is 43.6 Å². The maximum atomic E-state index is 12.0. The minimum Gasteiger partial charge on any atom is -0.494 e. The second-order valence-corrected chi connectivity index (χ2v) is 9.02. The standard InChI is InChI=1S/C25H27N5O8S/c1-15(31)26-21-12-23(29(7-9-37-16(2)32)8-10-38-17(3)33)24(36-4)13-22(21)27-28-25-20-11-19(30(34)35)6-5-18(20)14-39-25/h5-6,11-14H,7-10H2,1-4H3,(H,26,31). The van der Waals surface area contributed by atoms with Gasteiger partial charge in [-0.25, -0.2) is 0 Å². The molecular weight excluding hydrogens is 530 g/mol. The van der Waals surface area contributed by atoms with Crippen LogP contribution < -0.4 is 15.0 Å². The number of amides is 1.